The minimum atomic E-state index is -0.0775. The van der Waals surface area contributed by atoms with Crippen molar-refractivity contribution in [2.75, 3.05) is 39.8 Å². The Morgan fingerprint density at radius 1 is 1.13 bits per heavy atom. The minimum absolute atomic E-state index is 0.0757. The van der Waals surface area contributed by atoms with E-state index in [9.17, 15) is 4.79 Å². The number of thiazole rings is 1. The number of nitrogens with zero attached hydrogens (tertiary/aromatic N) is 3. The normalized spacial score (nSPS) is 16.2. The SMILES string of the molecule is Cc1nc(-c2cccc(Cl)c2)sc1C(=O)NC(CN1CCN(C)CC1)c1ccccc1. The van der Waals surface area contributed by atoms with Crippen molar-refractivity contribution in [3.05, 3.63) is 75.8 Å². The zero-order valence-corrected chi connectivity index (χ0v) is 19.4. The number of aryl methyl sites for hydroxylation is 1. The van der Waals surface area contributed by atoms with Crippen LogP contribution in [0.1, 0.15) is 27.0 Å². The maximum Gasteiger partial charge on any atom is 0.263 e. The molecule has 1 amide bonds. The quantitative estimate of drug-likeness (QED) is 0.596. The Labute approximate surface area is 192 Å². The molecule has 1 saturated heterocycles. The summed E-state index contributed by atoms with van der Waals surface area (Å²) in [5.41, 5.74) is 2.78. The van der Waals surface area contributed by atoms with Gasteiger partial charge in [-0.15, -0.1) is 11.3 Å². The number of piperazine rings is 1. The molecular formula is C24H27ClN4OS. The summed E-state index contributed by atoms with van der Waals surface area (Å²) in [5, 5.41) is 4.74. The highest BCUT2D eigenvalue weighted by atomic mass is 35.5. The third-order valence-corrected chi connectivity index (χ3v) is 7.06. The molecule has 0 saturated carbocycles. The molecule has 31 heavy (non-hydrogen) atoms. The molecule has 1 fully saturated rings. The number of aromatic nitrogens is 1. The van der Waals surface area contributed by atoms with E-state index in [1.807, 2.05) is 49.4 Å². The van der Waals surface area contributed by atoms with Crippen LogP contribution in [0.5, 0.6) is 0 Å². The van der Waals surface area contributed by atoms with E-state index in [1.165, 1.54) is 11.3 Å². The van der Waals surface area contributed by atoms with Gasteiger partial charge in [0.25, 0.3) is 5.91 Å². The second kappa shape index (κ2) is 9.92. The Bertz CT molecular complexity index is 1030. The summed E-state index contributed by atoms with van der Waals surface area (Å²) in [4.78, 5) is 23.3. The van der Waals surface area contributed by atoms with Crippen molar-refractivity contribution in [2.24, 2.45) is 0 Å². The standard InChI is InChI=1S/C24H27ClN4OS/c1-17-22(31-24(26-17)19-9-6-10-20(25)15-19)23(30)27-21(18-7-4-3-5-8-18)16-29-13-11-28(2)12-14-29/h3-10,15,21H,11-14,16H2,1-2H3,(H,27,30). The van der Waals surface area contributed by atoms with E-state index in [-0.39, 0.29) is 11.9 Å². The highest BCUT2D eigenvalue weighted by Gasteiger charge is 2.24. The van der Waals surface area contributed by atoms with Crippen molar-refractivity contribution in [1.29, 1.82) is 0 Å². The molecule has 3 aromatic rings. The average molecular weight is 455 g/mol. The summed E-state index contributed by atoms with van der Waals surface area (Å²) in [5.74, 6) is -0.0775. The van der Waals surface area contributed by atoms with E-state index in [2.05, 4.69) is 39.3 Å². The molecule has 0 spiro atoms. The lowest BCUT2D eigenvalue weighted by molar-refractivity contribution is 0.0910. The van der Waals surface area contributed by atoms with Crippen LogP contribution in [0.3, 0.4) is 0 Å². The predicted molar refractivity (Wildman–Crippen MR) is 128 cm³/mol. The van der Waals surface area contributed by atoms with E-state index in [0.29, 0.717) is 9.90 Å². The van der Waals surface area contributed by atoms with Gasteiger partial charge in [0.05, 0.1) is 11.7 Å². The summed E-state index contributed by atoms with van der Waals surface area (Å²) >= 11 is 7.54. The molecule has 7 heteroatoms. The fraction of sp³-hybridized carbons (Fsp3) is 0.333. The molecule has 162 valence electrons. The molecule has 0 radical (unpaired) electrons. The van der Waals surface area contributed by atoms with Crippen LogP contribution in [0.2, 0.25) is 5.02 Å². The highest BCUT2D eigenvalue weighted by molar-refractivity contribution is 7.17. The van der Waals surface area contributed by atoms with Crippen molar-refractivity contribution in [2.45, 2.75) is 13.0 Å². The van der Waals surface area contributed by atoms with Gasteiger partial charge < -0.3 is 10.2 Å². The monoisotopic (exact) mass is 454 g/mol. The van der Waals surface area contributed by atoms with Crippen LogP contribution in [0.4, 0.5) is 0 Å². The van der Waals surface area contributed by atoms with Gasteiger partial charge in [0.1, 0.15) is 9.88 Å². The number of benzene rings is 2. The molecule has 0 aliphatic carbocycles. The number of hydrogen-bond acceptors (Lipinski definition) is 5. The largest absolute Gasteiger partial charge is 0.343 e. The third kappa shape index (κ3) is 5.52. The van der Waals surface area contributed by atoms with Gasteiger partial charge in [0, 0.05) is 43.3 Å². The van der Waals surface area contributed by atoms with Crippen LogP contribution >= 0.6 is 22.9 Å². The second-order valence-electron chi connectivity index (χ2n) is 7.98. The Morgan fingerprint density at radius 3 is 2.58 bits per heavy atom. The van der Waals surface area contributed by atoms with Crippen LogP contribution in [-0.2, 0) is 0 Å². The smallest absolute Gasteiger partial charge is 0.263 e. The van der Waals surface area contributed by atoms with Crippen LogP contribution in [-0.4, -0.2) is 60.5 Å². The predicted octanol–water partition coefficient (Wildman–Crippen LogP) is 4.49. The van der Waals surface area contributed by atoms with Gasteiger partial charge in [-0.05, 0) is 31.7 Å². The van der Waals surface area contributed by atoms with E-state index < -0.39 is 0 Å². The Kier molecular flexibility index (Phi) is 7.02. The van der Waals surface area contributed by atoms with Gasteiger partial charge in [-0.25, -0.2) is 4.98 Å². The third-order valence-electron chi connectivity index (χ3n) is 5.62. The number of nitrogens with one attached hydrogen (secondary N) is 1. The van der Waals surface area contributed by atoms with E-state index in [0.717, 1.165) is 54.6 Å². The first-order valence-electron chi connectivity index (χ1n) is 10.5. The maximum absolute atomic E-state index is 13.3. The summed E-state index contributed by atoms with van der Waals surface area (Å²) in [7, 11) is 2.15. The Balaban J connectivity index is 1.53. The topological polar surface area (TPSA) is 48.5 Å². The molecular weight excluding hydrogens is 428 g/mol. The summed E-state index contributed by atoms with van der Waals surface area (Å²) in [6.45, 7) is 6.79. The zero-order valence-electron chi connectivity index (χ0n) is 17.8. The molecule has 1 aromatic heterocycles. The van der Waals surface area contributed by atoms with Gasteiger partial charge in [-0.3, -0.25) is 9.69 Å². The van der Waals surface area contributed by atoms with Crippen molar-refractivity contribution in [3.63, 3.8) is 0 Å². The lowest BCUT2D eigenvalue weighted by Gasteiger charge is -2.35. The number of rotatable bonds is 6. The Morgan fingerprint density at radius 2 is 1.87 bits per heavy atom. The maximum atomic E-state index is 13.3. The van der Waals surface area contributed by atoms with Gasteiger partial charge in [-0.1, -0.05) is 54.1 Å². The first kappa shape index (κ1) is 22.0. The summed E-state index contributed by atoms with van der Waals surface area (Å²) in [6.07, 6.45) is 0. The summed E-state index contributed by atoms with van der Waals surface area (Å²) < 4.78 is 0. The molecule has 2 heterocycles. The lowest BCUT2D eigenvalue weighted by atomic mass is 10.1. The molecule has 2 aromatic carbocycles. The Hall–Kier alpha value is -2.25. The molecule has 0 bridgehead atoms. The summed E-state index contributed by atoms with van der Waals surface area (Å²) in [6, 6.07) is 17.7. The second-order valence-corrected chi connectivity index (χ2v) is 9.42. The number of likely N-dealkylation sites (N-methyl/N-ethyl adjacent to an activating group) is 1. The van der Waals surface area contributed by atoms with Gasteiger partial charge in [0.15, 0.2) is 0 Å². The van der Waals surface area contributed by atoms with Crippen molar-refractivity contribution < 1.29 is 4.79 Å². The van der Waals surface area contributed by atoms with Crippen molar-refractivity contribution >= 4 is 28.8 Å². The fourth-order valence-corrected chi connectivity index (χ4v) is 4.94. The van der Waals surface area contributed by atoms with Crippen LogP contribution < -0.4 is 5.32 Å². The molecule has 1 aliphatic heterocycles. The first-order chi connectivity index (χ1) is 15.0. The molecule has 1 N–H and O–H groups in total. The highest BCUT2D eigenvalue weighted by Crippen LogP contribution is 2.30. The molecule has 1 aliphatic rings. The zero-order chi connectivity index (χ0) is 21.8. The van der Waals surface area contributed by atoms with Crippen molar-refractivity contribution in [1.82, 2.24) is 20.1 Å². The molecule has 1 atom stereocenters. The fourth-order valence-electron chi connectivity index (χ4n) is 3.78. The van der Waals surface area contributed by atoms with Gasteiger partial charge >= 0.3 is 0 Å². The van der Waals surface area contributed by atoms with E-state index in [1.54, 1.807) is 0 Å². The minimum Gasteiger partial charge on any atom is -0.343 e. The molecule has 4 rings (SSSR count). The molecule has 5 nitrogen and oxygen atoms in total. The van der Waals surface area contributed by atoms with E-state index >= 15 is 0 Å². The van der Waals surface area contributed by atoms with E-state index in [4.69, 9.17) is 11.6 Å². The number of hydrogen-bond donors (Lipinski definition) is 1. The number of amides is 1. The van der Waals surface area contributed by atoms with Gasteiger partial charge in [-0.2, -0.15) is 0 Å². The number of halogens is 1. The number of carbonyl (C=O) groups is 1. The van der Waals surface area contributed by atoms with Gasteiger partial charge in [0.2, 0.25) is 0 Å². The number of carbonyl (C=O) groups excluding carboxylic acids is 1. The van der Waals surface area contributed by atoms with Crippen LogP contribution in [0, 0.1) is 6.92 Å². The van der Waals surface area contributed by atoms with Crippen LogP contribution in [0.25, 0.3) is 10.6 Å². The molecule has 1 unspecified atom stereocenters. The van der Waals surface area contributed by atoms with Crippen LogP contribution in [0.15, 0.2) is 54.6 Å². The average Bonchev–Trinajstić information content (AvgIpc) is 3.17. The lowest BCUT2D eigenvalue weighted by Crippen LogP contribution is -2.47. The van der Waals surface area contributed by atoms with Crippen molar-refractivity contribution in [3.8, 4) is 10.6 Å². The first-order valence-corrected chi connectivity index (χ1v) is 11.7.